The topological polar surface area (TPSA) is 119 Å². The summed E-state index contributed by atoms with van der Waals surface area (Å²) in [6.45, 7) is 6.47. The lowest BCUT2D eigenvalue weighted by atomic mass is 9.97. The molecule has 0 bridgehead atoms. The van der Waals surface area contributed by atoms with Gasteiger partial charge in [-0.15, -0.1) is 0 Å². The maximum Gasteiger partial charge on any atom is 0.319 e. The number of nitrogens with zero attached hydrogens (tertiary/aromatic N) is 3. The summed E-state index contributed by atoms with van der Waals surface area (Å²) in [5, 5.41) is 18.5. The van der Waals surface area contributed by atoms with Crippen molar-refractivity contribution in [1.82, 2.24) is 25.5 Å². The fourth-order valence-electron chi connectivity index (χ4n) is 3.51. The predicted octanol–water partition coefficient (Wildman–Crippen LogP) is 1.52. The lowest BCUT2D eigenvalue weighted by molar-refractivity contribution is -0.118. The van der Waals surface area contributed by atoms with Gasteiger partial charge in [-0.2, -0.15) is 0 Å². The molecular formula is C21H28N6O3. The average Bonchev–Trinajstić information content (AvgIpc) is 3.00. The molecule has 9 nitrogen and oxygen atoms in total. The Kier molecular flexibility index (Phi) is 6.51. The van der Waals surface area contributed by atoms with Crippen molar-refractivity contribution in [3.63, 3.8) is 0 Å². The molecule has 160 valence electrons. The van der Waals surface area contributed by atoms with Crippen molar-refractivity contribution in [3.05, 3.63) is 53.3 Å². The molecule has 1 unspecified atom stereocenters. The SMILES string of the molecule is CC(=O)NCCNc1ncc2c(n1)CN(C(=O)NC(CO)c1ccccc1)C2(C)C. The van der Waals surface area contributed by atoms with Gasteiger partial charge >= 0.3 is 6.03 Å². The van der Waals surface area contributed by atoms with E-state index < -0.39 is 11.6 Å². The predicted molar refractivity (Wildman–Crippen MR) is 113 cm³/mol. The standard InChI is InChI=1S/C21H28N6O3/c1-14(29)22-9-10-23-19-24-11-16-17(25-19)12-27(21(16,2)3)20(30)26-18(13-28)15-7-5-4-6-8-15/h4-8,11,18,28H,9-10,12-13H2,1-3H3,(H,22,29)(H,26,30)(H,23,24,25). The van der Waals surface area contributed by atoms with Gasteiger partial charge in [-0.05, 0) is 19.4 Å². The molecule has 3 amide bonds. The van der Waals surface area contributed by atoms with Crippen LogP contribution in [0.3, 0.4) is 0 Å². The molecule has 2 aromatic rings. The minimum atomic E-state index is -0.592. The Morgan fingerprint density at radius 1 is 1.23 bits per heavy atom. The van der Waals surface area contributed by atoms with E-state index in [2.05, 4.69) is 25.9 Å². The molecule has 9 heteroatoms. The van der Waals surface area contributed by atoms with Crippen LogP contribution in [0.2, 0.25) is 0 Å². The number of carbonyl (C=O) groups excluding carboxylic acids is 2. The molecule has 0 spiro atoms. The second-order valence-corrected chi connectivity index (χ2v) is 7.70. The summed E-state index contributed by atoms with van der Waals surface area (Å²) < 4.78 is 0. The van der Waals surface area contributed by atoms with E-state index in [4.69, 9.17) is 0 Å². The lowest BCUT2D eigenvalue weighted by Crippen LogP contribution is -2.47. The van der Waals surface area contributed by atoms with Crippen LogP contribution in [0.25, 0.3) is 0 Å². The highest BCUT2D eigenvalue weighted by Gasteiger charge is 2.42. The molecule has 2 heterocycles. The molecule has 0 radical (unpaired) electrons. The van der Waals surface area contributed by atoms with E-state index >= 15 is 0 Å². The van der Waals surface area contributed by atoms with E-state index in [-0.39, 0.29) is 18.5 Å². The maximum absolute atomic E-state index is 13.0. The Bertz CT molecular complexity index is 903. The van der Waals surface area contributed by atoms with Gasteiger partial charge in [-0.25, -0.2) is 14.8 Å². The van der Waals surface area contributed by atoms with Gasteiger partial charge in [0, 0.05) is 31.8 Å². The molecular weight excluding hydrogens is 384 g/mol. The normalized spacial score (nSPS) is 15.3. The van der Waals surface area contributed by atoms with Crippen LogP contribution in [0, 0.1) is 0 Å². The molecule has 0 aliphatic carbocycles. The number of hydrogen-bond acceptors (Lipinski definition) is 6. The van der Waals surface area contributed by atoms with E-state index in [1.165, 1.54) is 6.92 Å². The lowest BCUT2D eigenvalue weighted by Gasteiger charge is -2.33. The highest BCUT2D eigenvalue weighted by Crippen LogP contribution is 2.38. The van der Waals surface area contributed by atoms with Gasteiger partial charge < -0.3 is 26.0 Å². The quantitative estimate of drug-likeness (QED) is 0.512. The zero-order valence-corrected chi connectivity index (χ0v) is 17.5. The first-order valence-electron chi connectivity index (χ1n) is 9.91. The van der Waals surface area contributed by atoms with Crippen LogP contribution in [-0.2, 0) is 16.9 Å². The first-order chi connectivity index (χ1) is 14.3. The smallest absolute Gasteiger partial charge is 0.319 e. The minimum absolute atomic E-state index is 0.0910. The van der Waals surface area contributed by atoms with Crippen LogP contribution in [0.4, 0.5) is 10.7 Å². The van der Waals surface area contributed by atoms with Crippen molar-refractivity contribution in [1.29, 1.82) is 0 Å². The Balaban J connectivity index is 1.69. The molecule has 1 aromatic heterocycles. The van der Waals surface area contributed by atoms with Crippen LogP contribution in [-0.4, -0.2) is 51.6 Å². The first kappa shape index (κ1) is 21.5. The van der Waals surface area contributed by atoms with Crippen LogP contribution < -0.4 is 16.0 Å². The highest BCUT2D eigenvalue weighted by molar-refractivity contribution is 5.77. The number of nitrogens with one attached hydrogen (secondary N) is 3. The summed E-state index contributed by atoms with van der Waals surface area (Å²) in [6.07, 6.45) is 1.73. The van der Waals surface area contributed by atoms with Crippen molar-refractivity contribution in [2.75, 3.05) is 25.0 Å². The third-order valence-corrected chi connectivity index (χ3v) is 5.22. The summed E-state index contributed by atoms with van der Waals surface area (Å²) >= 11 is 0. The number of hydrogen-bond donors (Lipinski definition) is 4. The van der Waals surface area contributed by atoms with E-state index in [1.807, 2.05) is 44.2 Å². The summed E-state index contributed by atoms with van der Waals surface area (Å²) in [6, 6.07) is 8.60. The molecule has 0 fully saturated rings. The van der Waals surface area contributed by atoms with Crippen LogP contribution >= 0.6 is 0 Å². The third-order valence-electron chi connectivity index (χ3n) is 5.22. The minimum Gasteiger partial charge on any atom is -0.394 e. The van der Waals surface area contributed by atoms with E-state index in [0.29, 0.717) is 25.6 Å². The zero-order chi connectivity index (χ0) is 21.7. The van der Waals surface area contributed by atoms with Gasteiger partial charge in [-0.3, -0.25) is 4.79 Å². The number of aromatic nitrogens is 2. The Morgan fingerprint density at radius 3 is 2.63 bits per heavy atom. The van der Waals surface area contributed by atoms with Crippen LogP contribution in [0.1, 0.15) is 43.6 Å². The van der Waals surface area contributed by atoms with Gasteiger partial charge in [0.2, 0.25) is 11.9 Å². The zero-order valence-electron chi connectivity index (χ0n) is 17.5. The number of benzene rings is 1. The molecule has 0 saturated carbocycles. The van der Waals surface area contributed by atoms with Crippen molar-refractivity contribution in [3.8, 4) is 0 Å². The van der Waals surface area contributed by atoms with Gasteiger partial charge in [0.15, 0.2) is 0 Å². The fourth-order valence-corrected chi connectivity index (χ4v) is 3.51. The summed E-state index contributed by atoms with van der Waals surface area (Å²) in [5.41, 5.74) is 1.90. The number of anilines is 1. The number of aliphatic hydroxyl groups is 1. The second-order valence-electron chi connectivity index (χ2n) is 7.70. The van der Waals surface area contributed by atoms with Gasteiger partial charge in [-0.1, -0.05) is 30.3 Å². The molecule has 1 aliphatic rings. The Morgan fingerprint density at radius 2 is 1.97 bits per heavy atom. The average molecular weight is 412 g/mol. The van der Waals surface area contributed by atoms with Crippen molar-refractivity contribution in [2.45, 2.75) is 38.9 Å². The highest BCUT2D eigenvalue weighted by atomic mass is 16.3. The Hall–Kier alpha value is -3.20. The number of rotatable bonds is 7. The van der Waals surface area contributed by atoms with Gasteiger partial charge in [0.05, 0.1) is 30.4 Å². The monoisotopic (exact) mass is 412 g/mol. The number of aliphatic hydroxyl groups excluding tert-OH is 1. The number of urea groups is 1. The molecule has 0 saturated heterocycles. The number of amides is 3. The molecule has 1 aromatic carbocycles. The number of carbonyl (C=O) groups is 2. The molecule has 3 rings (SSSR count). The Labute approximate surface area is 175 Å². The van der Waals surface area contributed by atoms with Gasteiger partial charge in [0.25, 0.3) is 0 Å². The summed E-state index contributed by atoms with van der Waals surface area (Å²) in [7, 11) is 0. The van der Waals surface area contributed by atoms with E-state index in [0.717, 1.165) is 16.8 Å². The molecule has 30 heavy (non-hydrogen) atoms. The van der Waals surface area contributed by atoms with Crippen molar-refractivity contribution >= 4 is 17.9 Å². The van der Waals surface area contributed by atoms with Crippen LogP contribution in [0.15, 0.2) is 36.5 Å². The first-order valence-corrected chi connectivity index (χ1v) is 9.91. The van der Waals surface area contributed by atoms with E-state index in [9.17, 15) is 14.7 Å². The van der Waals surface area contributed by atoms with Crippen LogP contribution in [0.5, 0.6) is 0 Å². The van der Waals surface area contributed by atoms with Crippen molar-refractivity contribution < 1.29 is 14.7 Å². The molecule has 4 N–H and O–H groups in total. The van der Waals surface area contributed by atoms with Crippen molar-refractivity contribution in [2.24, 2.45) is 0 Å². The maximum atomic E-state index is 13.0. The second kappa shape index (κ2) is 9.08. The summed E-state index contributed by atoms with van der Waals surface area (Å²) in [5.74, 6) is 0.362. The third kappa shape index (κ3) is 4.68. The molecule has 1 aliphatic heterocycles. The van der Waals surface area contributed by atoms with E-state index in [1.54, 1.807) is 11.1 Å². The van der Waals surface area contributed by atoms with Gasteiger partial charge in [0.1, 0.15) is 0 Å². The largest absolute Gasteiger partial charge is 0.394 e. The number of fused-ring (bicyclic) bond motifs is 1. The summed E-state index contributed by atoms with van der Waals surface area (Å²) in [4.78, 5) is 34.6. The fraction of sp³-hybridized carbons (Fsp3) is 0.429. The molecule has 1 atom stereocenters.